The lowest BCUT2D eigenvalue weighted by atomic mass is 9.82. The molecular weight excluding hydrogens is 270 g/mol. The van der Waals surface area contributed by atoms with Crippen LogP contribution in [0.25, 0.3) is 10.2 Å². The third-order valence-corrected chi connectivity index (χ3v) is 5.61. The summed E-state index contributed by atoms with van der Waals surface area (Å²) in [5.41, 5.74) is 0.396. The number of para-hydroxylation sites is 1. The van der Waals surface area contributed by atoms with Crippen molar-refractivity contribution in [1.82, 2.24) is 4.98 Å². The predicted molar refractivity (Wildman–Crippen MR) is 81.0 cm³/mol. The van der Waals surface area contributed by atoms with Gasteiger partial charge in [0.15, 0.2) is 0 Å². The summed E-state index contributed by atoms with van der Waals surface area (Å²) in [5.74, 6) is -0.0896. The van der Waals surface area contributed by atoms with E-state index in [0.717, 1.165) is 40.9 Å². The molecule has 3 nitrogen and oxygen atoms in total. The third kappa shape index (κ3) is 2.33. The largest absolute Gasteiger partial charge is 0.481 e. The van der Waals surface area contributed by atoms with Crippen molar-refractivity contribution in [3.63, 3.8) is 0 Å². The van der Waals surface area contributed by atoms with Gasteiger partial charge in [-0.05, 0) is 37.3 Å². The number of aliphatic carboxylic acids is 1. The molecule has 2 aromatic rings. The van der Waals surface area contributed by atoms with Gasteiger partial charge in [0.05, 0.1) is 20.6 Å². The molecule has 0 saturated heterocycles. The van der Waals surface area contributed by atoms with Crippen molar-refractivity contribution >= 4 is 27.5 Å². The fourth-order valence-electron chi connectivity index (χ4n) is 3.30. The molecule has 2 atom stereocenters. The predicted octanol–water partition coefficient (Wildman–Crippen LogP) is 4.12. The molecule has 20 heavy (non-hydrogen) atoms. The minimum Gasteiger partial charge on any atom is -0.481 e. The number of carboxylic acid groups (broad SMARTS) is 1. The summed E-state index contributed by atoms with van der Waals surface area (Å²) in [6.07, 6.45) is 4.28. The second-order valence-electron chi connectivity index (χ2n) is 5.85. The molecule has 1 aliphatic rings. The summed E-state index contributed by atoms with van der Waals surface area (Å²) in [6.45, 7) is 2.15. The van der Waals surface area contributed by atoms with Crippen LogP contribution in [0.4, 0.5) is 0 Å². The number of benzene rings is 1. The minimum absolute atomic E-state index is 0.556. The van der Waals surface area contributed by atoms with E-state index in [4.69, 9.17) is 0 Å². The summed E-state index contributed by atoms with van der Waals surface area (Å²) in [6, 6.07) is 8.02. The van der Waals surface area contributed by atoms with Crippen LogP contribution >= 0.6 is 11.3 Å². The van der Waals surface area contributed by atoms with Crippen LogP contribution in [0, 0.1) is 11.3 Å². The number of fused-ring (bicyclic) bond motifs is 1. The Labute approximate surface area is 122 Å². The molecule has 1 N–H and O–H groups in total. The van der Waals surface area contributed by atoms with Crippen molar-refractivity contribution in [2.45, 2.75) is 39.0 Å². The Morgan fingerprint density at radius 3 is 2.95 bits per heavy atom. The number of nitrogens with zero attached hydrogens (tertiary/aromatic N) is 1. The Morgan fingerprint density at radius 2 is 2.30 bits per heavy atom. The van der Waals surface area contributed by atoms with Crippen LogP contribution in [0.15, 0.2) is 24.3 Å². The highest BCUT2D eigenvalue weighted by Crippen LogP contribution is 2.46. The molecule has 3 rings (SSSR count). The lowest BCUT2D eigenvalue weighted by Crippen LogP contribution is -2.30. The Bertz CT molecular complexity index is 603. The molecule has 0 spiro atoms. The standard InChI is InChI=1S/C16H19NO2S/c1-2-11-7-8-16(9-11,15(18)19)10-14-17-12-5-3-4-6-13(12)20-14/h3-6,11H,2,7-10H2,1H3,(H,18,19). The average molecular weight is 289 g/mol. The molecule has 0 amide bonds. The van der Waals surface area contributed by atoms with Crippen LogP contribution in [0.2, 0.25) is 0 Å². The lowest BCUT2D eigenvalue weighted by Gasteiger charge is -2.23. The van der Waals surface area contributed by atoms with Gasteiger partial charge in [0.25, 0.3) is 0 Å². The maximum atomic E-state index is 11.8. The second kappa shape index (κ2) is 5.17. The highest BCUT2D eigenvalue weighted by atomic mass is 32.1. The van der Waals surface area contributed by atoms with Crippen LogP contribution in [-0.4, -0.2) is 16.1 Å². The molecule has 0 bridgehead atoms. The van der Waals surface area contributed by atoms with Gasteiger partial charge in [0.2, 0.25) is 0 Å². The number of aromatic nitrogens is 1. The van der Waals surface area contributed by atoms with Gasteiger partial charge >= 0.3 is 5.97 Å². The molecule has 2 unspecified atom stereocenters. The normalized spacial score (nSPS) is 26.1. The van der Waals surface area contributed by atoms with Crippen molar-refractivity contribution in [2.24, 2.45) is 11.3 Å². The van der Waals surface area contributed by atoms with E-state index >= 15 is 0 Å². The number of thiazole rings is 1. The summed E-state index contributed by atoms with van der Waals surface area (Å²) in [5, 5.41) is 10.7. The van der Waals surface area contributed by atoms with Crippen LogP contribution in [-0.2, 0) is 11.2 Å². The fourth-order valence-corrected chi connectivity index (χ4v) is 4.41. The first-order valence-electron chi connectivity index (χ1n) is 7.21. The van der Waals surface area contributed by atoms with E-state index in [1.165, 1.54) is 0 Å². The summed E-state index contributed by atoms with van der Waals surface area (Å²) in [4.78, 5) is 16.4. The topological polar surface area (TPSA) is 50.2 Å². The number of rotatable bonds is 4. The Morgan fingerprint density at radius 1 is 1.50 bits per heavy atom. The van der Waals surface area contributed by atoms with Gasteiger partial charge in [0, 0.05) is 6.42 Å². The molecule has 1 aromatic heterocycles. The van der Waals surface area contributed by atoms with E-state index in [2.05, 4.69) is 11.9 Å². The van der Waals surface area contributed by atoms with E-state index in [0.29, 0.717) is 12.3 Å². The maximum Gasteiger partial charge on any atom is 0.310 e. The van der Waals surface area contributed by atoms with Crippen molar-refractivity contribution in [3.8, 4) is 0 Å². The zero-order chi connectivity index (χ0) is 14.2. The monoisotopic (exact) mass is 289 g/mol. The minimum atomic E-state index is -0.646. The van der Waals surface area contributed by atoms with E-state index in [9.17, 15) is 9.90 Å². The third-order valence-electron chi connectivity index (χ3n) is 4.57. The number of carboxylic acids is 1. The van der Waals surface area contributed by atoms with E-state index < -0.39 is 11.4 Å². The highest BCUT2D eigenvalue weighted by molar-refractivity contribution is 7.18. The van der Waals surface area contributed by atoms with Gasteiger partial charge < -0.3 is 5.11 Å². The molecule has 4 heteroatoms. The summed E-state index contributed by atoms with van der Waals surface area (Å²) < 4.78 is 1.15. The zero-order valence-electron chi connectivity index (χ0n) is 11.6. The Hall–Kier alpha value is -1.42. The van der Waals surface area contributed by atoms with Crippen molar-refractivity contribution in [3.05, 3.63) is 29.3 Å². The number of hydrogen-bond acceptors (Lipinski definition) is 3. The first kappa shape index (κ1) is 13.6. The van der Waals surface area contributed by atoms with Gasteiger partial charge in [0.1, 0.15) is 0 Å². The quantitative estimate of drug-likeness (QED) is 0.921. The van der Waals surface area contributed by atoms with Gasteiger partial charge in [-0.3, -0.25) is 4.79 Å². The Kier molecular flexibility index (Phi) is 3.50. The van der Waals surface area contributed by atoms with Crippen molar-refractivity contribution in [2.75, 3.05) is 0 Å². The molecule has 1 fully saturated rings. The van der Waals surface area contributed by atoms with Crippen LogP contribution in [0.1, 0.15) is 37.6 Å². The highest BCUT2D eigenvalue weighted by Gasteiger charge is 2.45. The maximum absolute atomic E-state index is 11.8. The molecule has 1 aliphatic carbocycles. The van der Waals surface area contributed by atoms with Crippen LogP contribution in [0.5, 0.6) is 0 Å². The van der Waals surface area contributed by atoms with E-state index in [-0.39, 0.29) is 0 Å². The first-order chi connectivity index (χ1) is 9.63. The lowest BCUT2D eigenvalue weighted by molar-refractivity contribution is -0.148. The van der Waals surface area contributed by atoms with Crippen LogP contribution < -0.4 is 0 Å². The zero-order valence-corrected chi connectivity index (χ0v) is 12.4. The van der Waals surface area contributed by atoms with Gasteiger partial charge in [-0.25, -0.2) is 4.98 Å². The number of hydrogen-bond donors (Lipinski definition) is 1. The second-order valence-corrected chi connectivity index (χ2v) is 6.97. The molecule has 106 valence electrons. The van der Waals surface area contributed by atoms with E-state index in [1.54, 1.807) is 11.3 Å². The SMILES string of the molecule is CCC1CCC(Cc2nc3ccccc3s2)(C(=O)O)C1. The van der Waals surface area contributed by atoms with E-state index in [1.807, 2.05) is 24.3 Å². The number of carbonyl (C=O) groups is 1. The molecular formula is C16H19NO2S. The Balaban J connectivity index is 1.88. The van der Waals surface area contributed by atoms with Gasteiger partial charge in [-0.15, -0.1) is 11.3 Å². The first-order valence-corrected chi connectivity index (χ1v) is 8.02. The van der Waals surface area contributed by atoms with Crippen molar-refractivity contribution in [1.29, 1.82) is 0 Å². The van der Waals surface area contributed by atoms with Crippen molar-refractivity contribution < 1.29 is 9.90 Å². The van der Waals surface area contributed by atoms with Crippen LogP contribution in [0.3, 0.4) is 0 Å². The summed E-state index contributed by atoms with van der Waals surface area (Å²) >= 11 is 1.63. The van der Waals surface area contributed by atoms with Gasteiger partial charge in [-0.2, -0.15) is 0 Å². The summed E-state index contributed by atoms with van der Waals surface area (Å²) in [7, 11) is 0. The molecule has 0 radical (unpaired) electrons. The molecule has 1 aromatic carbocycles. The average Bonchev–Trinajstić information content (AvgIpc) is 3.02. The fraction of sp³-hybridized carbons (Fsp3) is 0.500. The smallest absolute Gasteiger partial charge is 0.310 e. The molecule has 1 heterocycles. The molecule has 1 saturated carbocycles. The van der Waals surface area contributed by atoms with Gasteiger partial charge in [-0.1, -0.05) is 25.5 Å². The molecule has 0 aliphatic heterocycles.